The van der Waals surface area contributed by atoms with Gasteiger partial charge in [-0.15, -0.1) is 13.2 Å². The maximum Gasteiger partial charge on any atom is 0.408 e. The van der Waals surface area contributed by atoms with Gasteiger partial charge < -0.3 is 35.5 Å². The first kappa shape index (κ1) is 34.6. The van der Waals surface area contributed by atoms with Gasteiger partial charge in [0.2, 0.25) is 11.8 Å². The number of aliphatic hydroxyl groups excluding tert-OH is 1. The summed E-state index contributed by atoms with van der Waals surface area (Å²) in [4.78, 5) is 54.7. The molecule has 0 aliphatic heterocycles. The summed E-state index contributed by atoms with van der Waals surface area (Å²) in [5, 5.41) is 18.3. The van der Waals surface area contributed by atoms with E-state index < -0.39 is 42.0 Å². The van der Waals surface area contributed by atoms with Crippen LogP contribution >= 0.6 is 0 Å². The van der Waals surface area contributed by atoms with Crippen molar-refractivity contribution in [3.8, 4) is 0 Å². The number of nitrogens with one attached hydrogen (secondary N) is 4. The van der Waals surface area contributed by atoms with Crippen LogP contribution in [0.5, 0.6) is 0 Å². The number of allylic oxidation sites excluding steroid dienone is 1. The van der Waals surface area contributed by atoms with Crippen LogP contribution in [0.3, 0.4) is 0 Å². The lowest BCUT2D eigenvalue weighted by Crippen LogP contribution is -2.47. The molecule has 45 heavy (non-hydrogen) atoms. The number of H-pyrrole nitrogens is 1. The normalized spacial score (nSPS) is 13.5. The second-order valence-corrected chi connectivity index (χ2v) is 10.8. The van der Waals surface area contributed by atoms with Crippen LogP contribution in [0.15, 0.2) is 86.1 Å². The predicted octanol–water partition coefficient (Wildman–Crippen LogP) is 3.69. The van der Waals surface area contributed by atoms with E-state index in [-0.39, 0.29) is 45.0 Å². The third-order valence-corrected chi connectivity index (χ3v) is 7.04. The van der Waals surface area contributed by atoms with E-state index in [4.69, 9.17) is 9.47 Å². The number of alkyl carbamates (subject to hydrolysis) is 1. The molecule has 0 fully saturated rings. The van der Waals surface area contributed by atoms with E-state index in [2.05, 4.69) is 34.1 Å². The monoisotopic (exact) mass is 618 g/mol. The van der Waals surface area contributed by atoms with Crippen LogP contribution in [0.4, 0.5) is 4.79 Å². The van der Waals surface area contributed by atoms with Crippen molar-refractivity contribution in [2.45, 2.75) is 57.3 Å². The molecule has 3 rings (SSSR count). The van der Waals surface area contributed by atoms with E-state index in [1.807, 2.05) is 60.8 Å². The maximum absolute atomic E-state index is 13.4. The van der Waals surface area contributed by atoms with Gasteiger partial charge in [0.25, 0.3) is 0 Å². The fourth-order valence-electron chi connectivity index (χ4n) is 4.70. The van der Waals surface area contributed by atoms with Crippen molar-refractivity contribution in [2.75, 3.05) is 13.2 Å². The summed E-state index contributed by atoms with van der Waals surface area (Å²) < 4.78 is 10.9. The molecular formula is C34H42N4O7. The van der Waals surface area contributed by atoms with E-state index in [0.717, 1.165) is 22.0 Å². The number of aromatic nitrogens is 1. The van der Waals surface area contributed by atoms with Crippen LogP contribution in [-0.4, -0.2) is 65.3 Å². The van der Waals surface area contributed by atoms with Crippen molar-refractivity contribution in [3.63, 3.8) is 0 Å². The van der Waals surface area contributed by atoms with Crippen molar-refractivity contribution < 1.29 is 33.8 Å². The molecule has 0 radical (unpaired) electrons. The van der Waals surface area contributed by atoms with Crippen LogP contribution < -0.4 is 16.0 Å². The molecular weight excluding hydrogens is 576 g/mol. The SMILES string of the molecule is C=CC[C@H](CC(=O)N[C@@H](C)CO)C(=O)N[C@H](COC(=O)[C@@H](CC=C)NC(=O)OCc1ccccc1)Cc1c[nH]c2ccccc12. The number of fused-ring (bicyclic) bond motifs is 1. The highest BCUT2D eigenvalue weighted by molar-refractivity contribution is 5.87. The van der Waals surface area contributed by atoms with E-state index in [0.29, 0.717) is 6.42 Å². The van der Waals surface area contributed by atoms with Crippen LogP contribution in [0.25, 0.3) is 10.9 Å². The molecule has 0 saturated heterocycles. The highest BCUT2D eigenvalue weighted by Crippen LogP contribution is 2.20. The van der Waals surface area contributed by atoms with Gasteiger partial charge in [0.1, 0.15) is 19.3 Å². The summed E-state index contributed by atoms with van der Waals surface area (Å²) in [6.45, 7) is 8.64. The largest absolute Gasteiger partial charge is 0.462 e. The third-order valence-electron chi connectivity index (χ3n) is 7.04. The van der Waals surface area contributed by atoms with Gasteiger partial charge in [-0.25, -0.2) is 9.59 Å². The van der Waals surface area contributed by atoms with Crippen LogP contribution in [0, 0.1) is 5.92 Å². The number of aromatic amines is 1. The summed E-state index contributed by atoms with van der Waals surface area (Å²) in [6, 6.07) is 14.6. The Balaban J connectivity index is 1.70. The Labute approximate surface area is 263 Å². The minimum Gasteiger partial charge on any atom is -0.462 e. The Morgan fingerprint density at radius 1 is 0.933 bits per heavy atom. The molecule has 0 aliphatic rings. The van der Waals surface area contributed by atoms with Crippen molar-refractivity contribution in [3.05, 3.63) is 97.2 Å². The highest BCUT2D eigenvalue weighted by Gasteiger charge is 2.27. The zero-order valence-corrected chi connectivity index (χ0v) is 25.5. The minimum absolute atomic E-state index is 0.0318. The molecule has 11 heteroatoms. The summed E-state index contributed by atoms with van der Waals surface area (Å²) in [5.74, 6) is -2.24. The number of para-hydroxylation sites is 1. The summed E-state index contributed by atoms with van der Waals surface area (Å²) in [5.41, 5.74) is 2.60. The number of esters is 1. The lowest BCUT2D eigenvalue weighted by molar-refractivity contribution is -0.147. The van der Waals surface area contributed by atoms with Crippen molar-refractivity contribution in [1.82, 2.24) is 20.9 Å². The van der Waals surface area contributed by atoms with Gasteiger partial charge in [0, 0.05) is 29.6 Å². The van der Waals surface area contributed by atoms with Gasteiger partial charge >= 0.3 is 12.1 Å². The molecule has 1 heterocycles. The van der Waals surface area contributed by atoms with E-state index >= 15 is 0 Å². The second kappa shape index (κ2) is 18.0. The van der Waals surface area contributed by atoms with Crippen LogP contribution in [-0.2, 0) is 36.9 Å². The molecule has 5 N–H and O–H groups in total. The Kier molecular flexibility index (Phi) is 13.9. The van der Waals surface area contributed by atoms with Gasteiger partial charge in [-0.1, -0.05) is 60.7 Å². The molecule has 2 aromatic carbocycles. The fraction of sp³-hybridized carbons (Fsp3) is 0.353. The molecule has 0 spiro atoms. The number of carbonyl (C=O) groups is 4. The molecule has 11 nitrogen and oxygen atoms in total. The topological polar surface area (TPSA) is 159 Å². The first-order valence-electron chi connectivity index (χ1n) is 14.8. The van der Waals surface area contributed by atoms with Crippen molar-refractivity contribution in [1.29, 1.82) is 0 Å². The molecule has 240 valence electrons. The van der Waals surface area contributed by atoms with E-state index in [1.54, 1.807) is 13.0 Å². The number of carbonyl (C=O) groups excluding carboxylic acids is 4. The Hall–Kier alpha value is -4.90. The summed E-state index contributed by atoms with van der Waals surface area (Å²) >= 11 is 0. The van der Waals surface area contributed by atoms with Gasteiger partial charge in [-0.05, 0) is 43.4 Å². The average Bonchev–Trinajstić information content (AvgIpc) is 3.45. The zero-order valence-electron chi connectivity index (χ0n) is 25.5. The summed E-state index contributed by atoms with van der Waals surface area (Å²) in [6.07, 6.45) is 4.63. The molecule has 0 aliphatic carbocycles. The first-order valence-corrected chi connectivity index (χ1v) is 14.8. The predicted molar refractivity (Wildman–Crippen MR) is 171 cm³/mol. The summed E-state index contributed by atoms with van der Waals surface area (Å²) in [7, 11) is 0. The van der Waals surface area contributed by atoms with Crippen LogP contribution in [0.2, 0.25) is 0 Å². The van der Waals surface area contributed by atoms with Gasteiger partial charge in [0.15, 0.2) is 0 Å². The smallest absolute Gasteiger partial charge is 0.408 e. The number of ether oxygens (including phenoxy) is 2. The fourth-order valence-corrected chi connectivity index (χ4v) is 4.70. The molecule has 1 aromatic heterocycles. The molecule has 3 amide bonds. The molecule has 4 atom stereocenters. The van der Waals surface area contributed by atoms with Crippen LogP contribution in [0.1, 0.15) is 37.3 Å². The lowest BCUT2D eigenvalue weighted by Gasteiger charge is -2.24. The molecule has 3 aromatic rings. The number of aliphatic hydroxyl groups is 1. The highest BCUT2D eigenvalue weighted by atomic mass is 16.6. The zero-order chi connectivity index (χ0) is 32.6. The van der Waals surface area contributed by atoms with Crippen molar-refractivity contribution >= 4 is 34.8 Å². The lowest BCUT2D eigenvalue weighted by atomic mass is 9.98. The number of amides is 3. The van der Waals surface area contributed by atoms with E-state index in [9.17, 15) is 24.3 Å². The second-order valence-electron chi connectivity index (χ2n) is 10.8. The Morgan fingerprint density at radius 3 is 2.36 bits per heavy atom. The van der Waals surface area contributed by atoms with Gasteiger partial charge in [-0.2, -0.15) is 0 Å². The quantitative estimate of drug-likeness (QED) is 0.107. The molecule has 0 bridgehead atoms. The number of hydrogen-bond donors (Lipinski definition) is 5. The van der Waals surface area contributed by atoms with Gasteiger partial charge in [0.05, 0.1) is 18.6 Å². The average molecular weight is 619 g/mol. The minimum atomic E-state index is -1.05. The number of hydrogen-bond acceptors (Lipinski definition) is 7. The molecule has 0 saturated carbocycles. The van der Waals surface area contributed by atoms with E-state index in [1.165, 1.54) is 6.08 Å². The molecule has 0 unspecified atom stereocenters. The Bertz CT molecular complexity index is 1440. The Morgan fingerprint density at radius 2 is 1.64 bits per heavy atom. The number of benzene rings is 2. The van der Waals surface area contributed by atoms with Gasteiger partial charge in [-0.3, -0.25) is 9.59 Å². The maximum atomic E-state index is 13.4. The standard InChI is InChI=1S/C34H42N4O7/c1-4-11-25(18-31(40)36-23(3)20-39)32(41)37-27(17-26-19-35-29-16-10-9-15-28(26)29)22-44-33(42)30(12-5-2)38-34(43)45-21-24-13-7-6-8-14-24/h4-10,13-16,19,23,25,27,30,35,39H,1-2,11-12,17-18,20-22H2,3H3,(H,36,40)(H,37,41)(H,38,43)/t23-,25+,27-,30+/m0/s1. The first-order chi connectivity index (χ1) is 21.7. The number of rotatable bonds is 18. The van der Waals surface area contributed by atoms with Crippen molar-refractivity contribution in [2.24, 2.45) is 5.92 Å². The third kappa shape index (κ3) is 11.3.